The lowest BCUT2D eigenvalue weighted by atomic mass is 9.97. The van der Waals surface area contributed by atoms with Crippen molar-refractivity contribution < 1.29 is 27.4 Å². The number of nitrogens with zero attached hydrogens (tertiary/aromatic N) is 1. The molecule has 1 aromatic rings. The van der Waals surface area contributed by atoms with E-state index in [0.717, 1.165) is 18.9 Å². The van der Waals surface area contributed by atoms with Crippen LogP contribution in [0.25, 0.3) is 0 Å². The Morgan fingerprint density at radius 2 is 2.12 bits per heavy atom. The van der Waals surface area contributed by atoms with Crippen molar-refractivity contribution in [3.05, 3.63) is 29.6 Å². The predicted molar refractivity (Wildman–Crippen MR) is 86.1 cm³/mol. The lowest BCUT2D eigenvalue weighted by Crippen LogP contribution is -2.41. The normalized spacial score (nSPS) is 21.1. The third-order valence-electron chi connectivity index (χ3n) is 4.53. The number of halogens is 3. The van der Waals surface area contributed by atoms with E-state index in [2.05, 4.69) is 10.1 Å². The van der Waals surface area contributed by atoms with Gasteiger partial charge in [0.05, 0.1) is 12.1 Å². The molecule has 0 aliphatic carbocycles. The molecule has 25 heavy (non-hydrogen) atoms. The number of hydrogen-bond donors (Lipinski definition) is 1. The van der Waals surface area contributed by atoms with Crippen LogP contribution in [0.1, 0.15) is 31.7 Å². The fourth-order valence-electron chi connectivity index (χ4n) is 2.85. The molecule has 8 heteroatoms. The molecule has 2 rings (SSSR count). The molecule has 0 bridgehead atoms. The van der Waals surface area contributed by atoms with E-state index in [9.17, 15) is 18.0 Å². The summed E-state index contributed by atoms with van der Waals surface area (Å²) in [6, 6.07) is 3.29. The average molecular weight is 360 g/mol. The third-order valence-corrected chi connectivity index (χ3v) is 4.53. The van der Waals surface area contributed by atoms with Gasteiger partial charge in [-0.1, -0.05) is 6.07 Å². The maximum atomic E-state index is 13.9. The Morgan fingerprint density at radius 3 is 2.80 bits per heavy atom. The van der Waals surface area contributed by atoms with Crippen LogP contribution in [-0.2, 0) is 11.3 Å². The molecule has 1 saturated heterocycles. The van der Waals surface area contributed by atoms with Gasteiger partial charge in [0.25, 0.3) is 0 Å². The molecule has 1 atom stereocenters. The molecule has 1 N–H and O–H groups in total. The number of urea groups is 1. The largest absolute Gasteiger partial charge is 0.434 e. The van der Waals surface area contributed by atoms with Crippen molar-refractivity contribution in [1.29, 1.82) is 0 Å². The molecule has 1 unspecified atom stereocenters. The first-order valence-electron chi connectivity index (χ1n) is 8.15. The van der Waals surface area contributed by atoms with E-state index in [-0.39, 0.29) is 29.5 Å². The summed E-state index contributed by atoms with van der Waals surface area (Å²) in [5.74, 6) is -0.987. The van der Waals surface area contributed by atoms with Crippen molar-refractivity contribution >= 4 is 6.03 Å². The van der Waals surface area contributed by atoms with Gasteiger partial charge in [-0.3, -0.25) is 0 Å². The van der Waals surface area contributed by atoms with Gasteiger partial charge in [-0.25, -0.2) is 9.18 Å². The Bertz CT molecular complexity index is 601. The summed E-state index contributed by atoms with van der Waals surface area (Å²) in [5, 5.41) is 2.58. The number of alkyl halides is 2. The summed E-state index contributed by atoms with van der Waals surface area (Å²) in [4.78, 5) is 14.0. The zero-order chi connectivity index (χ0) is 18.4. The van der Waals surface area contributed by atoms with Crippen LogP contribution in [0.2, 0.25) is 0 Å². The summed E-state index contributed by atoms with van der Waals surface area (Å²) >= 11 is 0. The summed E-state index contributed by atoms with van der Waals surface area (Å²) in [7, 11) is 1.65. The number of rotatable bonds is 5. The number of nitrogens with one attached hydrogen (secondary N) is 1. The first-order valence-corrected chi connectivity index (χ1v) is 8.15. The summed E-state index contributed by atoms with van der Waals surface area (Å²) < 4.78 is 48.5. The van der Waals surface area contributed by atoms with Crippen molar-refractivity contribution in [3.63, 3.8) is 0 Å². The predicted octanol–water partition coefficient (Wildman–Crippen LogP) is 3.53. The molecule has 0 radical (unpaired) electrons. The van der Waals surface area contributed by atoms with Crippen molar-refractivity contribution in [2.24, 2.45) is 0 Å². The molecule has 1 aromatic carbocycles. The summed E-state index contributed by atoms with van der Waals surface area (Å²) in [5.41, 5.74) is -0.369. The topological polar surface area (TPSA) is 50.8 Å². The second kappa shape index (κ2) is 8.42. The number of hydrogen-bond acceptors (Lipinski definition) is 3. The number of ether oxygens (including phenoxy) is 2. The van der Waals surface area contributed by atoms with E-state index in [1.54, 1.807) is 12.0 Å². The third kappa shape index (κ3) is 5.26. The Labute approximate surface area is 145 Å². The van der Waals surface area contributed by atoms with Crippen molar-refractivity contribution in [2.45, 2.75) is 44.9 Å². The Balaban J connectivity index is 1.98. The van der Waals surface area contributed by atoms with Crippen LogP contribution in [0.5, 0.6) is 5.75 Å². The zero-order valence-electron chi connectivity index (χ0n) is 14.4. The van der Waals surface area contributed by atoms with Gasteiger partial charge in [0.2, 0.25) is 0 Å². The highest BCUT2D eigenvalue weighted by Gasteiger charge is 2.29. The second-order valence-electron chi connectivity index (χ2n) is 6.25. The average Bonchev–Trinajstić information content (AvgIpc) is 2.76. The Morgan fingerprint density at radius 1 is 1.36 bits per heavy atom. The van der Waals surface area contributed by atoms with Gasteiger partial charge in [-0.05, 0) is 38.3 Å². The highest BCUT2D eigenvalue weighted by atomic mass is 19.3. The highest BCUT2D eigenvalue weighted by Crippen LogP contribution is 2.26. The monoisotopic (exact) mass is 360 g/mol. The molecule has 2 amide bonds. The van der Waals surface area contributed by atoms with Crippen LogP contribution < -0.4 is 10.1 Å². The van der Waals surface area contributed by atoms with Gasteiger partial charge < -0.3 is 19.7 Å². The number of benzene rings is 1. The van der Waals surface area contributed by atoms with Gasteiger partial charge in [-0.15, -0.1) is 0 Å². The molecule has 1 aliphatic heterocycles. The van der Waals surface area contributed by atoms with Gasteiger partial charge in [0, 0.05) is 25.8 Å². The van der Waals surface area contributed by atoms with Crippen LogP contribution in [-0.4, -0.2) is 43.3 Å². The second-order valence-corrected chi connectivity index (χ2v) is 6.25. The minimum atomic E-state index is -3.06. The molecule has 1 aliphatic rings. The van der Waals surface area contributed by atoms with Crippen molar-refractivity contribution in [3.8, 4) is 5.75 Å². The smallest absolute Gasteiger partial charge is 0.387 e. The van der Waals surface area contributed by atoms with E-state index in [1.165, 1.54) is 12.1 Å². The standard InChI is InChI=1S/C17H23F3N2O3/c1-17(24-2)7-4-9-22(10-8-17)16(23)21-11-12-13(18)5-3-6-14(12)25-15(19)20/h3,5-6,15H,4,7-11H2,1-2H3,(H,21,23). The molecule has 0 spiro atoms. The molecular formula is C17H23F3N2O3. The maximum Gasteiger partial charge on any atom is 0.387 e. The zero-order valence-corrected chi connectivity index (χ0v) is 14.4. The minimum absolute atomic E-state index is 0.104. The van der Waals surface area contributed by atoms with Crippen LogP contribution in [0, 0.1) is 5.82 Å². The first kappa shape index (κ1) is 19.4. The molecule has 0 aromatic heterocycles. The minimum Gasteiger partial charge on any atom is -0.434 e. The molecule has 0 saturated carbocycles. The maximum absolute atomic E-state index is 13.9. The van der Waals surface area contributed by atoms with Crippen LogP contribution >= 0.6 is 0 Å². The van der Waals surface area contributed by atoms with Crippen molar-refractivity contribution in [1.82, 2.24) is 10.2 Å². The highest BCUT2D eigenvalue weighted by molar-refractivity contribution is 5.74. The van der Waals surface area contributed by atoms with Crippen LogP contribution in [0.4, 0.5) is 18.0 Å². The molecular weight excluding hydrogens is 337 g/mol. The van der Waals surface area contributed by atoms with Crippen molar-refractivity contribution in [2.75, 3.05) is 20.2 Å². The number of carbonyl (C=O) groups is 1. The fourth-order valence-corrected chi connectivity index (χ4v) is 2.85. The molecule has 140 valence electrons. The number of methoxy groups -OCH3 is 1. The SMILES string of the molecule is COC1(C)CCCN(C(=O)NCc2c(F)cccc2OC(F)F)CC1. The van der Waals surface area contributed by atoms with E-state index >= 15 is 0 Å². The molecule has 1 fully saturated rings. The quantitative estimate of drug-likeness (QED) is 0.874. The van der Waals surface area contributed by atoms with E-state index < -0.39 is 12.4 Å². The van der Waals surface area contributed by atoms with Gasteiger partial charge in [-0.2, -0.15) is 8.78 Å². The lowest BCUT2D eigenvalue weighted by Gasteiger charge is -2.26. The van der Waals surface area contributed by atoms with Gasteiger partial charge >= 0.3 is 12.6 Å². The van der Waals surface area contributed by atoms with E-state index in [0.29, 0.717) is 19.5 Å². The Hall–Kier alpha value is -1.96. The van der Waals surface area contributed by atoms with E-state index in [1.807, 2.05) is 6.92 Å². The summed E-state index contributed by atoms with van der Waals surface area (Å²) in [6.45, 7) is -0.225. The number of amides is 2. The lowest BCUT2D eigenvalue weighted by molar-refractivity contribution is -0.0506. The van der Waals surface area contributed by atoms with Gasteiger partial charge in [0.15, 0.2) is 0 Å². The Kier molecular flexibility index (Phi) is 6.52. The van der Waals surface area contributed by atoms with Crippen LogP contribution in [0.3, 0.4) is 0 Å². The van der Waals surface area contributed by atoms with E-state index in [4.69, 9.17) is 4.74 Å². The van der Waals surface area contributed by atoms with Gasteiger partial charge in [0.1, 0.15) is 11.6 Å². The fraction of sp³-hybridized carbons (Fsp3) is 0.588. The number of carbonyl (C=O) groups excluding carboxylic acids is 1. The molecule has 1 heterocycles. The molecule has 5 nitrogen and oxygen atoms in total. The first-order chi connectivity index (χ1) is 11.8. The summed E-state index contributed by atoms with van der Waals surface area (Å²) in [6.07, 6.45) is 2.32. The number of likely N-dealkylation sites (tertiary alicyclic amines) is 1. The van der Waals surface area contributed by atoms with Crippen LogP contribution in [0.15, 0.2) is 18.2 Å².